The first-order valence-electron chi connectivity index (χ1n) is 9.09. The third kappa shape index (κ3) is 4.28. The van der Waals surface area contributed by atoms with E-state index in [-0.39, 0.29) is 12.2 Å². The average molecular weight is 368 g/mol. The molecular formula is C23H28O4. The van der Waals surface area contributed by atoms with Crippen LogP contribution in [-0.2, 0) is 16.0 Å². The van der Waals surface area contributed by atoms with Gasteiger partial charge in [-0.25, -0.2) is 4.79 Å². The van der Waals surface area contributed by atoms with Gasteiger partial charge in [0.1, 0.15) is 5.60 Å². The van der Waals surface area contributed by atoms with E-state index in [1.807, 2.05) is 45.0 Å². The van der Waals surface area contributed by atoms with Gasteiger partial charge in [0.15, 0.2) is 5.78 Å². The monoisotopic (exact) mass is 368 g/mol. The number of aliphatic carboxylic acids is 1. The van der Waals surface area contributed by atoms with Gasteiger partial charge in [-0.05, 0) is 49.1 Å². The van der Waals surface area contributed by atoms with Crippen molar-refractivity contribution in [3.05, 3.63) is 70.3 Å². The molecule has 0 amide bonds. The third-order valence-electron chi connectivity index (χ3n) is 5.56. The van der Waals surface area contributed by atoms with Crippen molar-refractivity contribution in [3.8, 4) is 0 Å². The summed E-state index contributed by atoms with van der Waals surface area (Å²) in [5.74, 6) is -0.980. The molecule has 27 heavy (non-hydrogen) atoms. The first-order chi connectivity index (χ1) is 12.5. The number of allylic oxidation sites excluding steroid dienone is 3. The highest BCUT2D eigenvalue weighted by Crippen LogP contribution is 2.47. The van der Waals surface area contributed by atoms with E-state index in [0.29, 0.717) is 23.1 Å². The number of aryl methyl sites for hydroxylation is 1. The van der Waals surface area contributed by atoms with E-state index >= 15 is 0 Å². The molecule has 0 bridgehead atoms. The Kier molecular flexibility index (Phi) is 5.91. The number of carbonyl (C=O) groups excluding carboxylic acids is 1. The lowest BCUT2D eigenvalue weighted by molar-refractivity contribution is -0.131. The molecule has 0 spiro atoms. The molecule has 0 radical (unpaired) electrons. The van der Waals surface area contributed by atoms with Gasteiger partial charge in [-0.1, -0.05) is 44.2 Å². The van der Waals surface area contributed by atoms with Crippen LogP contribution >= 0.6 is 0 Å². The quantitative estimate of drug-likeness (QED) is 0.604. The second-order valence-electron chi connectivity index (χ2n) is 8.02. The summed E-state index contributed by atoms with van der Waals surface area (Å²) in [7, 11) is 0. The zero-order valence-corrected chi connectivity index (χ0v) is 16.7. The molecule has 0 heterocycles. The number of aliphatic hydroxyl groups is 1. The molecule has 0 unspecified atom stereocenters. The Hall–Kier alpha value is -2.46. The van der Waals surface area contributed by atoms with Crippen LogP contribution < -0.4 is 0 Å². The molecule has 1 aromatic rings. The minimum atomic E-state index is -1.33. The fourth-order valence-corrected chi connectivity index (χ4v) is 3.67. The molecule has 1 atom stereocenters. The van der Waals surface area contributed by atoms with Crippen LogP contribution in [0.5, 0.6) is 0 Å². The van der Waals surface area contributed by atoms with E-state index in [4.69, 9.17) is 5.11 Å². The van der Waals surface area contributed by atoms with Crippen molar-refractivity contribution in [2.75, 3.05) is 0 Å². The molecule has 1 aliphatic rings. The summed E-state index contributed by atoms with van der Waals surface area (Å²) in [5.41, 5.74) is 1.94. The summed E-state index contributed by atoms with van der Waals surface area (Å²) in [6.45, 7) is 9.20. The summed E-state index contributed by atoms with van der Waals surface area (Å²) in [4.78, 5) is 23.7. The third-order valence-corrected chi connectivity index (χ3v) is 5.56. The Labute approximate surface area is 160 Å². The van der Waals surface area contributed by atoms with Crippen LogP contribution in [-0.4, -0.2) is 27.6 Å². The van der Waals surface area contributed by atoms with Crippen molar-refractivity contribution in [3.63, 3.8) is 0 Å². The fraction of sp³-hybridized carbons (Fsp3) is 0.391. The lowest BCUT2D eigenvalue weighted by Gasteiger charge is -2.46. The summed E-state index contributed by atoms with van der Waals surface area (Å²) in [6, 6.07) is 7.91. The fourth-order valence-electron chi connectivity index (χ4n) is 3.67. The topological polar surface area (TPSA) is 74.6 Å². The molecule has 1 aliphatic carbocycles. The second-order valence-corrected chi connectivity index (χ2v) is 8.02. The molecule has 2 rings (SSSR count). The van der Waals surface area contributed by atoms with E-state index < -0.39 is 17.0 Å². The molecule has 0 aromatic heterocycles. The maximum Gasteiger partial charge on any atom is 0.328 e. The number of Topliss-reactive ketones (excluding diaryl/α,β-unsaturated/α-hetero) is 1. The van der Waals surface area contributed by atoms with Crippen LogP contribution in [0.25, 0.3) is 0 Å². The van der Waals surface area contributed by atoms with Crippen molar-refractivity contribution in [1.82, 2.24) is 0 Å². The van der Waals surface area contributed by atoms with Crippen LogP contribution in [0.3, 0.4) is 0 Å². The number of rotatable bonds is 5. The number of hydrogen-bond donors (Lipinski definition) is 2. The van der Waals surface area contributed by atoms with Gasteiger partial charge in [-0.2, -0.15) is 0 Å². The van der Waals surface area contributed by atoms with Gasteiger partial charge in [0, 0.05) is 29.9 Å². The maximum atomic E-state index is 12.8. The molecule has 144 valence electrons. The molecule has 0 saturated carbocycles. The molecule has 1 aromatic carbocycles. The Balaban J connectivity index is 2.52. The zero-order chi connectivity index (χ0) is 20.4. The van der Waals surface area contributed by atoms with E-state index in [1.54, 1.807) is 26.0 Å². The van der Waals surface area contributed by atoms with Gasteiger partial charge >= 0.3 is 5.97 Å². The van der Waals surface area contributed by atoms with Gasteiger partial charge in [-0.15, -0.1) is 0 Å². The highest BCUT2D eigenvalue weighted by atomic mass is 16.4. The minimum absolute atomic E-state index is 0.0524. The van der Waals surface area contributed by atoms with Gasteiger partial charge < -0.3 is 10.2 Å². The van der Waals surface area contributed by atoms with Crippen molar-refractivity contribution in [2.24, 2.45) is 5.41 Å². The number of hydrogen-bond acceptors (Lipinski definition) is 3. The van der Waals surface area contributed by atoms with Crippen molar-refractivity contribution < 1.29 is 19.8 Å². The summed E-state index contributed by atoms with van der Waals surface area (Å²) in [5, 5.41) is 20.4. The van der Waals surface area contributed by atoms with E-state index in [9.17, 15) is 14.7 Å². The molecule has 4 heteroatoms. The van der Waals surface area contributed by atoms with Crippen molar-refractivity contribution >= 4 is 11.8 Å². The van der Waals surface area contributed by atoms with Crippen LogP contribution in [0.15, 0.2) is 59.2 Å². The Bertz CT molecular complexity index is 855. The number of carbonyl (C=O) groups is 2. The van der Waals surface area contributed by atoms with E-state index in [2.05, 4.69) is 0 Å². The largest absolute Gasteiger partial charge is 0.478 e. The highest BCUT2D eigenvalue weighted by Gasteiger charge is 2.49. The molecule has 0 fully saturated rings. The number of benzene rings is 1. The van der Waals surface area contributed by atoms with Crippen LogP contribution in [0, 0.1) is 12.3 Å². The van der Waals surface area contributed by atoms with Crippen LogP contribution in [0.1, 0.15) is 45.2 Å². The smallest absolute Gasteiger partial charge is 0.328 e. The SMILES string of the molecule is CC1=C(Cc2ccccc2C)C(=O)CC(C)(C)[C@@]1(O)/C=C/C(C)=C\C(=O)O. The number of carboxylic acid groups (broad SMARTS) is 1. The number of ketones is 1. The van der Waals surface area contributed by atoms with Crippen LogP contribution in [0.4, 0.5) is 0 Å². The van der Waals surface area contributed by atoms with Crippen LogP contribution in [0.2, 0.25) is 0 Å². The summed E-state index contributed by atoms with van der Waals surface area (Å²) < 4.78 is 0. The van der Waals surface area contributed by atoms with E-state index in [0.717, 1.165) is 17.2 Å². The van der Waals surface area contributed by atoms with Gasteiger partial charge in [0.2, 0.25) is 0 Å². The average Bonchev–Trinajstić information content (AvgIpc) is 2.56. The highest BCUT2D eigenvalue weighted by molar-refractivity contribution is 5.99. The Morgan fingerprint density at radius 1 is 1.22 bits per heavy atom. The second kappa shape index (κ2) is 7.65. The first kappa shape index (κ1) is 20.8. The summed E-state index contributed by atoms with van der Waals surface area (Å²) >= 11 is 0. The van der Waals surface area contributed by atoms with Gasteiger partial charge in [0.05, 0.1) is 0 Å². The van der Waals surface area contributed by atoms with E-state index in [1.165, 1.54) is 0 Å². The lowest BCUT2D eigenvalue weighted by atomic mass is 9.62. The molecule has 4 nitrogen and oxygen atoms in total. The normalized spacial score (nSPS) is 23.2. The van der Waals surface area contributed by atoms with Crippen molar-refractivity contribution in [2.45, 2.75) is 53.1 Å². The molecule has 0 aliphatic heterocycles. The standard InChI is InChI=1S/C23H28O4/c1-15(12-21(25)26)10-11-23(27)17(3)19(20(24)14-22(23,4)5)13-18-9-7-6-8-16(18)2/h6-12,27H,13-14H2,1-5H3,(H,25,26)/b11-10+,15-12-/t23-/m1/s1. The zero-order valence-electron chi connectivity index (χ0n) is 16.7. The van der Waals surface area contributed by atoms with Gasteiger partial charge in [-0.3, -0.25) is 4.79 Å². The van der Waals surface area contributed by atoms with Crippen molar-refractivity contribution in [1.29, 1.82) is 0 Å². The Morgan fingerprint density at radius 3 is 2.44 bits per heavy atom. The Morgan fingerprint density at radius 2 is 1.85 bits per heavy atom. The predicted molar refractivity (Wildman–Crippen MR) is 106 cm³/mol. The number of carboxylic acids is 1. The van der Waals surface area contributed by atoms with Gasteiger partial charge in [0.25, 0.3) is 0 Å². The molecule has 2 N–H and O–H groups in total. The molecular weight excluding hydrogens is 340 g/mol. The summed E-state index contributed by atoms with van der Waals surface area (Å²) in [6.07, 6.45) is 5.04. The molecule has 0 saturated heterocycles. The minimum Gasteiger partial charge on any atom is -0.478 e. The predicted octanol–water partition coefficient (Wildman–Crippen LogP) is 4.17. The first-order valence-corrected chi connectivity index (χ1v) is 9.09. The lowest BCUT2D eigenvalue weighted by Crippen LogP contribution is -2.49. The maximum absolute atomic E-state index is 12.8.